The van der Waals surface area contributed by atoms with Crippen molar-refractivity contribution in [2.24, 2.45) is 0 Å². The molecule has 1 unspecified atom stereocenters. The van der Waals surface area contributed by atoms with Crippen LogP contribution in [-0.4, -0.2) is 26.5 Å². The number of benzene rings is 3. The van der Waals surface area contributed by atoms with E-state index in [1.807, 2.05) is 38.1 Å². The lowest BCUT2D eigenvalue weighted by atomic mass is 9.89. The lowest BCUT2D eigenvalue weighted by Crippen LogP contribution is -2.45. The van der Waals surface area contributed by atoms with Crippen LogP contribution in [0, 0.1) is 0 Å². The third kappa shape index (κ3) is 5.32. The van der Waals surface area contributed by atoms with Crippen LogP contribution in [0.4, 0.5) is 5.69 Å². The van der Waals surface area contributed by atoms with Crippen LogP contribution in [0.2, 0.25) is 10.0 Å². The summed E-state index contributed by atoms with van der Waals surface area (Å²) in [6.45, 7) is 3.47. The number of carbonyl (C=O) groups excluding carboxylic acids is 1. The van der Waals surface area contributed by atoms with Gasteiger partial charge in [-0.15, -0.1) is 0 Å². The van der Waals surface area contributed by atoms with E-state index in [4.69, 9.17) is 27.9 Å². The van der Waals surface area contributed by atoms with Crippen LogP contribution in [0.3, 0.4) is 0 Å². The fourth-order valence-corrected chi connectivity index (χ4v) is 5.70. The maximum absolute atomic E-state index is 13.5. The molecular weight excluding hydrogens is 495 g/mol. The Hall–Kier alpha value is -2.74. The van der Waals surface area contributed by atoms with Gasteiger partial charge in [-0.1, -0.05) is 47.5 Å². The second-order valence-corrected chi connectivity index (χ2v) is 11.4. The van der Waals surface area contributed by atoms with Crippen LogP contribution in [0.1, 0.15) is 31.9 Å². The Morgan fingerprint density at radius 2 is 1.74 bits per heavy atom. The lowest BCUT2D eigenvalue weighted by Gasteiger charge is -2.38. The monoisotopic (exact) mass is 518 g/mol. The second-order valence-electron chi connectivity index (χ2n) is 8.67. The molecule has 3 aromatic carbocycles. The smallest absolute Gasteiger partial charge is 0.264 e. The van der Waals surface area contributed by atoms with Gasteiger partial charge in [0.2, 0.25) is 5.91 Å². The first-order valence-corrected chi connectivity index (χ1v) is 12.9. The molecule has 9 heteroatoms. The number of nitrogens with one attached hydrogen (secondary N) is 1. The molecule has 0 spiro atoms. The topological polar surface area (TPSA) is 75.7 Å². The predicted octanol–water partition coefficient (Wildman–Crippen LogP) is 5.61. The number of ether oxygens (including phenoxy) is 1. The molecule has 4 rings (SSSR count). The first-order valence-electron chi connectivity index (χ1n) is 10.7. The summed E-state index contributed by atoms with van der Waals surface area (Å²) in [7, 11) is -4.08. The molecule has 1 N–H and O–H groups in total. The molecule has 1 amide bonds. The highest BCUT2D eigenvalue weighted by Gasteiger charge is 2.35. The van der Waals surface area contributed by atoms with Crippen LogP contribution in [0.15, 0.2) is 77.7 Å². The van der Waals surface area contributed by atoms with Gasteiger partial charge in [-0.25, -0.2) is 8.42 Å². The number of anilines is 1. The minimum absolute atomic E-state index is 0.0159. The number of rotatable bonds is 6. The molecule has 34 heavy (non-hydrogen) atoms. The molecule has 0 bridgehead atoms. The fourth-order valence-electron chi connectivity index (χ4n) is 3.98. The highest BCUT2D eigenvalue weighted by Crippen LogP contribution is 2.39. The van der Waals surface area contributed by atoms with E-state index < -0.39 is 28.1 Å². The Morgan fingerprint density at radius 1 is 1.03 bits per heavy atom. The van der Waals surface area contributed by atoms with Crippen molar-refractivity contribution in [3.63, 3.8) is 0 Å². The van der Waals surface area contributed by atoms with Gasteiger partial charge in [0, 0.05) is 22.0 Å². The van der Waals surface area contributed by atoms with E-state index in [0.717, 1.165) is 9.87 Å². The first kappa shape index (κ1) is 24.4. The number of hydrogen-bond donors (Lipinski definition) is 1. The van der Waals surface area contributed by atoms with E-state index in [0.29, 0.717) is 22.2 Å². The minimum Gasteiger partial charge on any atom is -0.487 e. The summed E-state index contributed by atoms with van der Waals surface area (Å²) in [5.41, 5.74) is 0.643. The highest BCUT2D eigenvalue weighted by molar-refractivity contribution is 7.92. The summed E-state index contributed by atoms with van der Waals surface area (Å²) < 4.78 is 34.1. The van der Waals surface area contributed by atoms with E-state index in [9.17, 15) is 13.2 Å². The van der Waals surface area contributed by atoms with Gasteiger partial charge in [0.25, 0.3) is 10.0 Å². The molecule has 1 aliphatic rings. The van der Waals surface area contributed by atoms with Crippen molar-refractivity contribution < 1.29 is 17.9 Å². The molecule has 178 valence electrons. The molecule has 6 nitrogen and oxygen atoms in total. The Bertz CT molecular complexity index is 1310. The van der Waals surface area contributed by atoms with Gasteiger partial charge in [-0.2, -0.15) is 0 Å². The normalized spacial score (nSPS) is 16.8. The Balaban J connectivity index is 1.65. The number of carbonyl (C=O) groups is 1. The predicted molar refractivity (Wildman–Crippen MR) is 134 cm³/mol. The van der Waals surface area contributed by atoms with E-state index in [1.165, 1.54) is 30.3 Å². The SMILES string of the molecule is CC1(C)CC(NC(=O)CN(c2cccc(Cl)c2)S(=O)(=O)c2ccc(Cl)cc2)c2ccccc2O1. The van der Waals surface area contributed by atoms with Crippen molar-refractivity contribution in [2.75, 3.05) is 10.8 Å². The molecule has 0 radical (unpaired) electrons. The van der Waals surface area contributed by atoms with Crippen molar-refractivity contribution in [3.05, 3.63) is 88.4 Å². The average molecular weight is 519 g/mol. The zero-order valence-electron chi connectivity index (χ0n) is 18.7. The van der Waals surface area contributed by atoms with Crippen LogP contribution >= 0.6 is 23.2 Å². The molecule has 0 aromatic heterocycles. The maximum atomic E-state index is 13.5. The largest absolute Gasteiger partial charge is 0.487 e. The summed E-state index contributed by atoms with van der Waals surface area (Å²) in [5, 5.41) is 3.76. The number of sulfonamides is 1. The quantitative estimate of drug-likeness (QED) is 0.460. The number of para-hydroxylation sites is 1. The summed E-state index contributed by atoms with van der Waals surface area (Å²) in [4.78, 5) is 13.2. The number of amides is 1. The molecule has 1 aliphatic heterocycles. The Morgan fingerprint density at radius 3 is 2.44 bits per heavy atom. The lowest BCUT2D eigenvalue weighted by molar-refractivity contribution is -0.120. The van der Waals surface area contributed by atoms with Gasteiger partial charge in [-0.05, 0) is 62.4 Å². The third-order valence-electron chi connectivity index (χ3n) is 5.50. The van der Waals surface area contributed by atoms with E-state index in [2.05, 4.69) is 5.32 Å². The Kier molecular flexibility index (Phi) is 6.80. The maximum Gasteiger partial charge on any atom is 0.264 e. The molecule has 3 aromatic rings. The number of fused-ring (bicyclic) bond motifs is 1. The summed E-state index contributed by atoms with van der Waals surface area (Å²) >= 11 is 12.1. The Labute approximate surface area is 209 Å². The molecular formula is C25H24Cl2N2O4S. The summed E-state index contributed by atoms with van der Waals surface area (Å²) in [5.74, 6) is 0.250. The van der Waals surface area contributed by atoms with E-state index in [-0.39, 0.29) is 16.6 Å². The van der Waals surface area contributed by atoms with Crippen molar-refractivity contribution in [1.82, 2.24) is 5.32 Å². The van der Waals surface area contributed by atoms with Crippen molar-refractivity contribution in [2.45, 2.75) is 36.8 Å². The van der Waals surface area contributed by atoms with Gasteiger partial charge in [-0.3, -0.25) is 9.10 Å². The molecule has 0 aliphatic carbocycles. The van der Waals surface area contributed by atoms with Crippen LogP contribution < -0.4 is 14.4 Å². The standard InChI is InChI=1S/C25H24Cl2N2O4S/c1-25(2)15-22(21-8-3-4-9-23(21)33-25)28-24(30)16-29(19-7-5-6-18(27)14-19)34(31,32)20-12-10-17(26)11-13-20/h3-14,22H,15-16H2,1-2H3,(H,28,30). The number of nitrogens with zero attached hydrogens (tertiary/aromatic N) is 1. The van der Waals surface area contributed by atoms with Gasteiger partial charge in [0.1, 0.15) is 17.9 Å². The van der Waals surface area contributed by atoms with Crippen LogP contribution in [-0.2, 0) is 14.8 Å². The molecule has 0 fully saturated rings. The minimum atomic E-state index is -4.08. The number of halogens is 2. The molecule has 0 saturated carbocycles. The van der Waals surface area contributed by atoms with E-state index in [1.54, 1.807) is 18.2 Å². The third-order valence-corrected chi connectivity index (χ3v) is 7.77. The van der Waals surface area contributed by atoms with E-state index >= 15 is 0 Å². The molecule has 1 atom stereocenters. The van der Waals surface area contributed by atoms with Crippen LogP contribution in [0.25, 0.3) is 0 Å². The summed E-state index contributed by atoms with van der Waals surface area (Å²) in [6, 6.07) is 19.4. The molecule has 1 heterocycles. The molecule has 0 saturated heterocycles. The first-order chi connectivity index (χ1) is 16.0. The van der Waals surface area contributed by atoms with Crippen molar-refractivity contribution in [3.8, 4) is 5.75 Å². The van der Waals surface area contributed by atoms with Crippen molar-refractivity contribution >= 4 is 44.8 Å². The van der Waals surface area contributed by atoms with Gasteiger partial charge in [0.05, 0.1) is 16.6 Å². The van der Waals surface area contributed by atoms with Crippen molar-refractivity contribution in [1.29, 1.82) is 0 Å². The number of hydrogen-bond acceptors (Lipinski definition) is 4. The summed E-state index contributed by atoms with van der Waals surface area (Å²) in [6.07, 6.45) is 0.539. The zero-order chi connectivity index (χ0) is 24.5. The average Bonchev–Trinajstić information content (AvgIpc) is 2.77. The van der Waals surface area contributed by atoms with Crippen LogP contribution in [0.5, 0.6) is 5.75 Å². The zero-order valence-corrected chi connectivity index (χ0v) is 21.0. The van der Waals surface area contributed by atoms with Gasteiger partial charge in [0.15, 0.2) is 0 Å². The second kappa shape index (κ2) is 9.49. The van der Waals surface area contributed by atoms with Gasteiger partial charge >= 0.3 is 0 Å². The van der Waals surface area contributed by atoms with Gasteiger partial charge < -0.3 is 10.1 Å². The fraction of sp³-hybridized carbons (Fsp3) is 0.240. The highest BCUT2D eigenvalue weighted by atomic mass is 35.5.